The highest BCUT2D eigenvalue weighted by Crippen LogP contribution is 1.98. The summed E-state index contributed by atoms with van der Waals surface area (Å²) >= 11 is 0. The maximum absolute atomic E-state index is 10.6. The van der Waals surface area contributed by atoms with Crippen molar-refractivity contribution in [1.29, 1.82) is 0 Å². The number of hydrogen-bond acceptors (Lipinski definition) is 3. The molecule has 4 nitrogen and oxygen atoms in total. The molecule has 0 radical (unpaired) electrons. The number of rotatable bonds is 4. The summed E-state index contributed by atoms with van der Waals surface area (Å²) in [5, 5.41) is 8.17. The first-order valence-corrected chi connectivity index (χ1v) is 4.47. The summed E-state index contributed by atoms with van der Waals surface area (Å²) in [4.78, 5) is 20.6. The molecule has 1 N–H and O–H groups in total. The highest BCUT2D eigenvalue weighted by Gasteiger charge is 2.11. The van der Waals surface area contributed by atoms with Crippen molar-refractivity contribution in [3.63, 3.8) is 0 Å². The van der Waals surface area contributed by atoms with Crippen LogP contribution in [0.25, 0.3) is 0 Å². The molecule has 13 heavy (non-hydrogen) atoms. The van der Waals surface area contributed by atoms with Gasteiger partial charge in [0.1, 0.15) is 6.42 Å². The second-order valence-electron chi connectivity index (χ2n) is 2.28. The molecule has 0 rings (SSSR count). The zero-order chi connectivity index (χ0) is 10.9. The second kappa shape index (κ2) is 9.03. The predicted octanol–water partition coefficient (Wildman–Crippen LogP) is 1.83. The number of carbonyl (C=O) groups is 2. The predicted molar refractivity (Wildman–Crippen MR) is 49.4 cm³/mol. The molecule has 0 saturated heterocycles. The molecule has 4 heteroatoms. The van der Waals surface area contributed by atoms with Crippen LogP contribution in [0.4, 0.5) is 0 Å². The first-order chi connectivity index (χ1) is 6.06. The van der Waals surface area contributed by atoms with Crippen LogP contribution in [-0.2, 0) is 14.3 Å². The van der Waals surface area contributed by atoms with Crippen molar-refractivity contribution in [1.82, 2.24) is 0 Å². The second-order valence-corrected chi connectivity index (χ2v) is 2.28. The molecule has 0 spiro atoms. The Balaban J connectivity index is 0. The van der Waals surface area contributed by atoms with Crippen LogP contribution >= 0.6 is 0 Å². The molecule has 0 fully saturated rings. The molecule has 0 aromatic carbocycles. The Bertz CT molecular complexity index is 154. The number of aliphatic carboxylic acids is 1. The van der Waals surface area contributed by atoms with Crippen molar-refractivity contribution in [2.45, 2.75) is 46.6 Å². The van der Waals surface area contributed by atoms with Crippen molar-refractivity contribution >= 4 is 11.9 Å². The van der Waals surface area contributed by atoms with E-state index >= 15 is 0 Å². The van der Waals surface area contributed by atoms with Crippen molar-refractivity contribution in [3.05, 3.63) is 0 Å². The quantitative estimate of drug-likeness (QED) is 0.542. The first kappa shape index (κ1) is 14.5. The van der Waals surface area contributed by atoms with Gasteiger partial charge >= 0.3 is 11.9 Å². The molecule has 0 aromatic heterocycles. The Morgan fingerprint density at radius 3 is 2.15 bits per heavy atom. The Labute approximate surface area is 78.9 Å². The molecule has 0 bridgehead atoms. The van der Waals surface area contributed by atoms with Crippen LogP contribution in [0.1, 0.15) is 40.5 Å². The van der Waals surface area contributed by atoms with Crippen molar-refractivity contribution < 1.29 is 19.4 Å². The van der Waals surface area contributed by atoms with E-state index in [2.05, 4.69) is 0 Å². The third-order valence-corrected chi connectivity index (χ3v) is 1.20. The summed E-state index contributed by atoms with van der Waals surface area (Å²) < 4.78 is 4.69. The maximum atomic E-state index is 10.6. The minimum atomic E-state index is -1.15. The van der Waals surface area contributed by atoms with Crippen LogP contribution in [0.3, 0.4) is 0 Å². The molecule has 1 atom stereocenters. The van der Waals surface area contributed by atoms with Crippen LogP contribution in [-0.4, -0.2) is 23.1 Å². The molecule has 0 aliphatic heterocycles. The third-order valence-electron chi connectivity index (χ3n) is 1.20. The van der Waals surface area contributed by atoms with Gasteiger partial charge < -0.3 is 9.84 Å². The van der Waals surface area contributed by atoms with Crippen LogP contribution in [0.15, 0.2) is 0 Å². The van der Waals surface area contributed by atoms with Gasteiger partial charge in [-0.2, -0.15) is 0 Å². The molecule has 0 heterocycles. The van der Waals surface area contributed by atoms with E-state index in [0.717, 1.165) is 0 Å². The summed E-state index contributed by atoms with van der Waals surface area (Å²) in [7, 11) is 0. The molecule has 0 amide bonds. The zero-order valence-electron chi connectivity index (χ0n) is 8.66. The Morgan fingerprint density at radius 2 is 1.85 bits per heavy atom. The average Bonchev–Trinajstić information content (AvgIpc) is 2.06. The van der Waals surface area contributed by atoms with E-state index in [4.69, 9.17) is 9.84 Å². The van der Waals surface area contributed by atoms with Gasteiger partial charge in [0.15, 0.2) is 0 Å². The Morgan fingerprint density at radius 1 is 1.38 bits per heavy atom. The van der Waals surface area contributed by atoms with Gasteiger partial charge in [-0.15, -0.1) is 0 Å². The Kier molecular flexibility index (Phi) is 10.0. The molecule has 0 aromatic rings. The zero-order valence-corrected chi connectivity index (χ0v) is 8.66. The van der Waals surface area contributed by atoms with Crippen molar-refractivity contribution in [2.75, 3.05) is 0 Å². The van der Waals surface area contributed by atoms with E-state index < -0.39 is 18.4 Å². The van der Waals surface area contributed by atoms with Crippen LogP contribution in [0.2, 0.25) is 0 Å². The van der Waals surface area contributed by atoms with Gasteiger partial charge in [0.05, 0.1) is 6.10 Å². The maximum Gasteiger partial charge on any atom is 0.317 e. The third kappa shape index (κ3) is 10.9. The first-order valence-electron chi connectivity index (χ1n) is 4.47. The molecule has 1 unspecified atom stereocenters. The van der Waals surface area contributed by atoms with Gasteiger partial charge in [0.2, 0.25) is 0 Å². The van der Waals surface area contributed by atoms with E-state index in [1.807, 2.05) is 20.8 Å². The number of esters is 1. The summed E-state index contributed by atoms with van der Waals surface area (Å²) in [5.74, 6) is -1.83. The number of carbonyl (C=O) groups excluding carboxylic acids is 1. The fourth-order valence-corrected chi connectivity index (χ4v) is 0.473. The normalized spacial score (nSPS) is 10.8. The van der Waals surface area contributed by atoms with Crippen molar-refractivity contribution in [3.8, 4) is 0 Å². The van der Waals surface area contributed by atoms with Crippen molar-refractivity contribution in [2.24, 2.45) is 0 Å². The Hall–Kier alpha value is -1.06. The fraction of sp³-hybridized carbons (Fsp3) is 0.778. The topological polar surface area (TPSA) is 63.6 Å². The molecule has 0 aliphatic rings. The number of ether oxygens (including phenoxy) is 1. The molecule has 0 saturated carbocycles. The smallest absolute Gasteiger partial charge is 0.317 e. The summed E-state index contributed by atoms with van der Waals surface area (Å²) in [6, 6.07) is 0. The highest BCUT2D eigenvalue weighted by molar-refractivity contribution is 5.90. The summed E-state index contributed by atoms with van der Waals surface area (Å²) in [6.45, 7) is 7.58. The van der Waals surface area contributed by atoms with E-state index in [-0.39, 0.29) is 6.10 Å². The molecular weight excluding hydrogens is 172 g/mol. The lowest BCUT2D eigenvalue weighted by atomic mass is 10.3. The van der Waals surface area contributed by atoms with Gasteiger partial charge in [0, 0.05) is 0 Å². The minimum absolute atomic E-state index is 0.193. The minimum Gasteiger partial charge on any atom is -0.481 e. The van der Waals surface area contributed by atoms with Gasteiger partial charge in [-0.3, -0.25) is 9.59 Å². The van der Waals surface area contributed by atoms with Gasteiger partial charge in [0.25, 0.3) is 0 Å². The lowest BCUT2D eigenvalue weighted by Crippen LogP contribution is -2.16. The van der Waals surface area contributed by atoms with Gasteiger partial charge in [-0.05, 0) is 13.3 Å². The van der Waals surface area contributed by atoms with Gasteiger partial charge in [-0.25, -0.2) is 0 Å². The van der Waals surface area contributed by atoms with E-state index in [1.54, 1.807) is 6.92 Å². The summed E-state index contributed by atoms with van der Waals surface area (Å²) in [6.07, 6.45) is -0.0442. The van der Waals surface area contributed by atoms with E-state index in [1.165, 1.54) is 0 Å². The highest BCUT2D eigenvalue weighted by atomic mass is 16.5. The van der Waals surface area contributed by atoms with Crippen LogP contribution < -0.4 is 0 Å². The fourth-order valence-electron chi connectivity index (χ4n) is 0.473. The monoisotopic (exact) mass is 190 g/mol. The number of carboxylic acid groups (broad SMARTS) is 1. The molecule has 0 aliphatic carbocycles. The lowest BCUT2D eigenvalue weighted by Gasteiger charge is -2.08. The van der Waals surface area contributed by atoms with Crippen LogP contribution in [0.5, 0.6) is 0 Å². The van der Waals surface area contributed by atoms with Gasteiger partial charge in [-0.1, -0.05) is 20.8 Å². The SMILES string of the molecule is CC.CCC(C)OC(=O)CC(=O)O. The standard InChI is InChI=1S/C7H12O4.C2H6/c1-3-5(2)11-7(10)4-6(8)9;1-2/h5H,3-4H2,1-2H3,(H,8,9);1-2H3. The van der Waals surface area contributed by atoms with Crippen LogP contribution in [0, 0.1) is 0 Å². The lowest BCUT2D eigenvalue weighted by molar-refractivity contribution is -0.154. The largest absolute Gasteiger partial charge is 0.481 e. The number of carboxylic acids is 1. The van der Waals surface area contributed by atoms with E-state index in [9.17, 15) is 9.59 Å². The summed E-state index contributed by atoms with van der Waals surface area (Å²) in [5.41, 5.74) is 0. The number of hydrogen-bond donors (Lipinski definition) is 1. The molecular formula is C9H18O4. The molecule has 78 valence electrons. The van der Waals surface area contributed by atoms with E-state index in [0.29, 0.717) is 6.42 Å². The average molecular weight is 190 g/mol.